The predicted octanol–water partition coefficient (Wildman–Crippen LogP) is 3.49. The van der Waals surface area contributed by atoms with Crippen LogP contribution in [0.1, 0.15) is 11.8 Å². The highest BCUT2D eigenvalue weighted by Gasteiger charge is 2.08. The third kappa shape index (κ3) is 3.69. The van der Waals surface area contributed by atoms with E-state index in [0.717, 1.165) is 4.88 Å². The van der Waals surface area contributed by atoms with E-state index in [4.69, 9.17) is 4.74 Å². The first-order valence-corrected chi connectivity index (χ1v) is 6.73. The van der Waals surface area contributed by atoms with E-state index < -0.39 is 0 Å². The third-order valence-corrected chi connectivity index (χ3v) is 3.11. The average Bonchev–Trinajstić information content (AvgIpc) is 2.77. The SMILES string of the molecule is CCOc1ccccc1NC(=O)Nc1ncc(C)s1. The Bertz CT molecular complexity index is 569. The Labute approximate surface area is 115 Å². The van der Waals surface area contributed by atoms with Crippen LogP contribution in [0.25, 0.3) is 0 Å². The van der Waals surface area contributed by atoms with E-state index >= 15 is 0 Å². The zero-order valence-electron chi connectivity index (χ0n) is 10.8. The fourth-order valence-electron chi connectivity index (χ4n) is 1.51. The minimum atomic E-state index is -0.332. The molecule has 0 aliphatic carbocycles. The molecular formula is C13H15N3O2S. The number of nitrogens with one attached hydrogen (secondary N) is 2. The highest BCUT2D eigenvalue weighted by atomic mass is 32.1. The summed E-state index contributed by atoms with van der Waals surface area (Å²) in [7, 11) is 0. The topological polar surface area (TPSA) is 63.2 Å². The highest BCUT2D eigenvalue weighted by molar-refractivity contribution is 7.15. The predicted molar refractivity (Wildman–Crippen MR) is 77.1 cm³/mol. The lowest BCUT2D eigenvalue weighted by molar-refractivity contribution is 0.262. The molecule has 19 heavy (non-hydrogen) atoms. The van der Waals surface area contributed by atoms with E-state index in [2.05, 4.69) is 15.6 Å². The lowest BCUT2D eigenvalue weighted by Crippen LogP contribution is -2.19. The molecule has 2 amide bonds. The zero-order chi connectivity index (χ0) is 13.7. The molecule has 2 rings (SSSR count). The molecule has 1 aromatic carbocycles. The van der Waals surface area contributed by atoms with E-state index in [1.54, 1.807) is 12.3 Å². The largest absolute Gasteiger partial charge is 0.492 e. The maximum absolute atomic E-state index is 11.8. The maximum atomic E-state index is 11.8. The summed E-state index contributed by atoms with van der Waals surface area (Å²) >= 11 is 1.43. The molecule has 2 aromatic rings. The molecule has 0 atom stereocenters. The van der Waals surface area contributed by atoms with Gasteiger partial charge in [-0.15, -0.1) is 11.3 Å². The molecular weight excluding hydrogens is 262 g/mol. The molecule has 0 spiro atoms. The summed E-state index contributed by atoms with van der Waals surface area (Å²) < 4.78 is 5.44. The molecule has 0 aliphatic rings. The molecule has 0 fully saturated rings. The Hall–Kier alpha value is -2.08. The van der Waals surface area contributed by atoms with Gasteiger partial charge < -0.3 is 10.1 Å². The van der Waals surface area contributed by atoms with Crippen molar-refractivity contribution in [3.8, 4) is 5.75 Å². The molecule has 0 bridgehead atoms. The first-order chi connectivity index (χ1) is 9.19. The van der Waals surface area contributed by atoms with E-state index in [1.165, 1.54) is 11.3 Å². The van der Waals surface area contributed by atoms with Crippen molar-refractivity contribution in [1.82, 2.24) is 4.98 Å². The van der Waals surface area contributed by atoms with Gasteiger partial charge in [-0.2, -0.15) is 0 Å². The minimum absolute atomic E-state index is 0.332. The second kappa shape index (κ2) is 6.19. The summed E-state index contributed by atoms with van der Waals surface area (Å²) in [6, 6.07) is 6.97. The van der Waals surface area contributed by atoms with Gasteiger partial charge in [-0.3, -0.25) is 5.32 Å². The Kier molecular flexibility index (Phi) is 4.35. The molecule has 0 unspecified atom stereocenters. The lowest BCUT2D eigenvalue weighted by atomic mass is 10.3. The van der Waals surface area contributed by atoms with Crippen molar-refractivity contribution < 1.29 is 9.53 Å². The summed E-state index contributed by atoms with van der Waals surface area (Å²) in [6.45, 7) is 4.38. The average molecular weight is 277 g/mol. The van der Waals surface area contributed by atoms with Gasteiger partial charge >= 0.3 is 6.03 Å². The van der Waals surface area contributed by atoms with Crippen LogP contribution in [0, 0.1) is 6.92 Å². The minimum Gasteiger partial charge on any atom is -0.492 e. The summed E-state index contributed by atoms with van der Waals surface area (Å²) in [6.07, 6.45) is 1.72. The van der Waals surface area contributed by atoms with Crippen LogP contribution < -0.4 is 15.4 Å². The summed E-state index contributed by atoms with van der Waals surface area (Å²) in [5.41, 5.74) is 0.634. The fraction of sp³-hybridized carbons (Fsp3) is 0.231. The van der Waals surface area contributed by atoms with Crippen molar-refractivity contribution in [3.05, 3.63) is 35.3 Å². The first kappa shape index (κ1) is 13.4. The number of hydrogen-bond acceptors (Lipinski definition) is 4. The number of amides is 2. The number of rotatable bonds is 4. The number of benzene rings is 1. The van der Waals surface area contributed by atoms with Crippen LogP contribution >= 0.6 is 11.3 Å². The van der Waals surface area contributed by atoms with Crippen molar-refractivity contribution in [2.24, 2.45) is 0 Å². The van der Waals surface area contributed by atoms with Gasteiger partial charge in [0.2, 0.25) is 0 Å². The number of para-hydroxylation sites is 2. The second-order valence-electron chi connectivity index (χ2n) is 3.78. The number of aromatic nitrogens is 1. The second-order valence-corrected chi connectivity index (χ2v) is 5.02. The Morgan fingerprint density at radius 2 is 2.16 bits per heavy atom. The summed E-state index contributed by atoms with van der Waals surface area (Å²) in [4.78, 5) is 17.0. The van der Waals surface area contributed by atoms with Gasteiger partial charge in [0.15, 0.2) is 5.13 Å². The van der Waals surface area contributed by atoms with Crippen LogP contribution in [-0.4, -0.2) is 17.6 Å². The van der Waals surface area contributed by atoms with Gasteiger partial charge in [-0.05, 0) is 26.0 Å². The van der Waals surface area contributed by atoms with Crippen molar-refractivity contribution in [3.63, 3.8) is 0 Å². The van der Waals surface area contributed by atoms with E-state index in [-0.39, 0.29) is 6.03 Å². The summed E-state index contributed by atoms with van der Waals surface area (Å²) in [5, 5.41) is 6.00. The number of nitrogens with zero attached hydrogens (tertiary/aromatic N) is 1. The number of carbonyl (C=O) groups is 1. The van der Waals surface area contributed by atoms with Gasteiger partial charge in [0.1, 0.15) is 5.75 Å². The van der Waals surface area contributed by atoms with Gasteiger partial charge in [0, 0.05) is 11.1 Å². The number of urea groups is 1. The van der Waals surface area contributed by atoms with Crippen LogP contribution in [0.3, 0.4) is 0 Å². The number of aryl methyl sites for hydroxylation is 1. The third-order valence-electron chi connectivity index (χ3n) is 2.28. The zero-order valence-corrected chi connectivity index (χ0v) is 11.6. The molecule has 5 nitrogen and oxygen atoms in total. The molecule has 100 valence electrons. The lowest BCUT2D eigenvalue weighted by Gasteiger charge is -2.11. The monoisotopic (exact) mass is 277 g/mol. The van der Waals surface area contributed by atoms with Crippen molar-refractivity contribution in [2.75, 3.05) is 17.2 Å². The first-order valence-electron chi connectivity index (χ1n) is 5.91. The van der Waals surface area contributed by atoms with Gasteiger partial charge in [0.05, 0.1) is 12.3 Å². The van der Waals surface area contributed by atoms with Gasteiger partial charge in [-0.25, -0.2) is 9.78 Å². The van der Waals surface area contributed by atoms with Crippen LogP contribution in [0.5, 0.6) is 5.75 Å². The quantitative estimate of drug-likeness (QED) is 0.899. The molecule has 6 heteroatoms. The van der Waals surface area contributed by atoms with Crippen LogP contribution in [0.4, 0.5) is 15.6 Å². The molecule has 1 aromatic heterocycles. The van der Waals surface area contributed by atoms with Crippen molar-refractivity contribution in [2.45, 2.75) is 13.8 Å². The molecule has 0 aliphatic heterocycles. The van der Waals surface area contributed by atoms with Gasteiger partial charge in [-0.1, -0.05) is 12.1 Å². The summed E-state index contributed by atoms with van der Waals surface area (Å²) in [5.74, 6) is 0.649. The Morgan fingerprint density at radius 3 is 2.84 bits per heavy atom. The number of hydrogen-bond donors (Lipinski definition) is 2. The highest BCUT2D eigenvalue weighted by Crippen LogP contribution is 2.24. The van der Waals surface area contributed by atoms with Gasteiger partial charge in [0.25, 0.3) is 0 Å². The molecule has 0 saturated carbocycles. The van der Waals surface area contributed by atoms with Crippen LogP contribution in [0.15, 0.2) is 30.5 Å². The molecule has 1 heterocycles. The van der Waals surface area contributed by atoms with Crippen molar-refractivity contribution >= 4 is 28.2 Å². The molecule has 0 radical (unpaired) electrons. The Morgan fingerprint density at radius 1 is 1.37 bits per heavy atom. The number of carbonyl (C=O) groups excluding carboxylic acids is 1. The number of anilines is 2. The standard InChI is InChI=1S/C13H15N3O2S/c1-3-18-11-7-5-4-6-10(11)15-12(17)16-13-14-8-9(2)19-13/h4-8H,3H2,1-2H3,(H2,14,15,16,17). The molecule has 2 N–H and O–H groups in total. The van der Waals surface area contributed by atoms with E-state index in [9.17, 15) is 4.79 Å². The number of thiazole rings is 1. The smallest absolute Gasteiger partial charge is 0.325 e. The Balaban J connectivity index is 2.02. The molecule has 0 saturated heterocycles. The van der Waals surface area contributed by atoms with E-state index in [1.807, 2.05) is 32.0 Å². The normalized spacial score (nSPS) is 10.0. The number of ether oxygens (including phenoxy) is 1. The van der Waals surface area contributed by atoms with E-state index in [0.29, 0.717) is 23.2 Å². The maximum Gasteiger partial charge on any atom is 0.325 e. The van der Waals surface area contributed by atoms with Crippen molar-refractivity contribution in [1.29, 1.82) is 0 Å². The van der Waals surface area contributed by atoms with Crippen LogP contribution in [0.2, 0.25) is 0 Å². The fourth-order valence-corrected chi connectivity index (χ4v) is 2.17. The van der Waals surface area contributed by atoms with Crippen LogP contribution in [-0.2, 0) is 0 Å².